The second-order valence-electron chi connectivity index (χ2n) is 4.66. The first-order chi connectivity index (χ1) is 9.81. The lowest BCUT2D eigenvalue weighted by atomic mass is 10.2. The Bertz CT molecular complexity index is 672. The van der Waals surface area contributed by atoms with Crippen molar-refractivity contribution in [2.45, 2.75) is 13.5 Å². The lowest BCUT2D eigenvalue weighted by molar-refractivity contribution is 0.880. The molecule has 0 aliphatic heterocycles. The highest BCUT2D eigenvalue weighted by atomic mass is 15.3. The number of pyridine rings is 1. The zero-order valence-electron chi connectivity index (χ0n) is 11.3. The minimum Gasteiger partial charge on any atom is -0.381 e. The van der Waals surface area contributed by atoms with E-state index < -0.39 is 0 Å². The van der Waals surface area contributed by atoms with Crippen molar-refractivity contribution < 1.29 is 0 Å². The Morgan fingerprint density at radius 2 is 2.10 bits per heavy atom. The molecule has 3 aromatic rings. The number of aryl methyl sites for hydroxylation is 1. The van der Waals surface area contributed by atoms with E-state index in [1.807, 2.05) is 48.3 Å². The minimum atomic E-state index is 0.760. The van der Waals surface area contributed by atoms with E-state index in [1.54, 1.807) is 6.20 Å². The third-order valence-corrected chi connectivity index (χ3v) is 3.08. The van der Waals surface area contributed by atoms with E-state index in [9.17, 15) is 0 Å². The summed E-state index contributed by atoms with van der Waals surface area (Å²) in [7, 11) is 0. The van der Waals surface area contributed by atoms with Crippen LogP contribution in [0.2, 0.25) is 0 Å². The molecule has 2 heterocycles. The summed E-state index contributed by atoms with van der Waals surface area (Å²) in [5, 5.41) is 7.64. The molecule has 0 aliphatic carbocycles. The molecule has 20 heavy (non-hydrogen) atoms. The van der Waals surface area contributed by atoms with Gasteiger partial charge >= 0.3 is 0 Å². The van der Waals surface area contributed by atoms with Crippen molar-refractivity contribution in [2.75, 3.05) is 5.32 Å². The molecule has 100 valence electrons. The van der Waals surface area contributed by atoms with Crippen LogP contribution in [-0.4, -0.2) is 14.8 Å². The first-order valence-electron chi connectivity index (χ1n) is 6.57. The van der Waals surface area contributed by atoms with E-state index in [-0.39, 0.29) is 0 Å². The molecule has 4 heteroatoms. The van der Waals surface area contributed by atoms with E-state index in [0.29, 0.717) is 0 Å². The molecular weight excluding hydrogens is 248 g/mol. The summed E-state index contributed by atoms with van der Waals surface area (Å²) in [5.74, 6) is 0. The first kappa shape index (κ1) is 12.4. The molecule has 0 radical (unpaired) electrons. The molecule has 0 fully saturated rings. The molecule has 0 amide bonds. The van der Waals surface area contributed by atoms with E-state index >= 15 is 0 Å². The molecule has 0 saturated heterocycles. The Morgan fingerprint density at radius 3 is 2.85 bits per heavy atom. The lowest BCUT2D eigenvalue weighted by Crippen LogP contribution is -2.01. The van der Waals surface area contributed by atoms with Crippen molar-refractivity contribution in [2.24, 2.45) is 0 Å². The fourth-order valence-corrected chi connectivity index (χ4v) is 1.99. The quantitative estimate of drug-likeness (QED) is 0.787. The fraction of sp³-hybridized carbons (Fsp3) is 0.125. The van der Waals surface area contributed by atoms with Crippen molar-refractivity contribution in [1.82, 2.24) is 14.8 Å². The standard InChI is InChI=1S/C16H16N4/c1-13-6-7-14(11-17-13)12-18-15-4-2-5-16(10-15)20-9-3-8-19-20/h2-11,18H,12H2,1H3. The number of benzene rings is 1. The molecule has 1 aromatic carbocycles. The molecule has 0 spiro atoms. The molecule has 2 aromatic heterocycles. The Balaban J connectivity index is 1.72. The first-order valence-corrected chi connectivity index (χ1v) is 6.57. The highest BCUT2D eigenvalue weighted by molar-refractivity contribution is 5.51. The maximum absolute atomic E-state index is 4.30. The van der Waals surface area contributed by atoms with Crippen LogP contribution in [-0.2, 0) is 6.54 Å². The van der Waals surface area contributed by atoms with Gasteiger partial charge in [0, 0.05) is 36.5 Å². The van der Waals surface area contributed by atoms with Crippen molar-refractivity contribution in [3.63, 3.8) is 0 Å². The van der Waals surface area contributed by atoms with Gasteiger partial charge in [0.15, 0.2) is 0 Å². The van der Waals surface area contributed by atoms with Gasteiger partial charge in [0.1, 0.15) is 0 Å². The van der Waals surface area contributed by atoms with E-state index in [0.717, 1.165) is 23.6 Å². The Kier molecular flexibility index (Phi) is 3.46. The summed E-state index contributed by atoms with van der Waals surface area (Å²) in [6, 6.07) is 14.2. The van der Waals surface area contributed by atoms with Crippen LogP contribution in [0.5, 0.6) is 0 Å². The predicted octanol–water partition coefficient (Wildman–Crippen LogP) is 3.19. The molecule has 4 nitrogen and oxygen atoms in total. The number of rotatable bonds is 4. The van der Waals surface area contributed by atoms with Gasteiger partial charge in [0.05, 0.1) is 5.69 Å². The molecule has 0 aliphatic rings. The smallest absolute Gasteiger partial charge is 0.0666 e. The number of aromatic nitrogens is 3. The van der Waals surface area contributed by atoms with Crippen molar-refractivity contribution in [3.8, 4) is 5.69 Å². The number of nitrogens with one attached hydrogen (secondary N) is 1. The topological polar surface area (TPSA) is 42.7 Å². The monoisotopic (exact) mass is 264 g/mol. The van der Waals surface area contributed by atoms with Gasteiger partial charge < -0.3 is 5.32 Å². The third kappa shape index (κ3) is 2.85. The van der Waals surface area contributed by atoms with Gasteiger partial charge in [0.2, 0.25) is 0 Å². The predicted molar refractivity (Wildman–Crippen MR) is 79.9 cm³/mol. The van der Waals surface area contributed by atoms with E-state index in [1.165, 1.54) is 5.56 Å². The summed E-state index contributed by atoms with van der Waals surface area (Å²) in [6.07, 6.45) is 5.61. The third-order valence-electron chi connectivity index (χ3n) is 3.08. The van der Waals surface area contributed by atoms with Crippen molar-refractivity contribution >= 4 is 5.69 Å². The van der Waals surface area contributed by atoms with Crippen LogP contribution in [0, 0.1) is 6.92 Å². The molecule has 0 unspecified atom stereocenters. The summed E-state index contributed by atoms with van der Waals surface area (Å²) < 4.78 is 1.85. The van der Waals surface area contributed by atoms with Gasteiger partial charge in [-0.25, -0.2) is 4.68 Å². The number of nitrogens with zero attached hydrogens (tertiary/aromatic N) is 3. The molecule has 3 rings (SSSR count). The molecule has 0 bridgehead atoms. The van der Waals surface area contributed by atoms with Crippen LogP contribution in [0.25, 0.3) is 5.69 Å². The number of anilines is 1. The highest BCUT2D eigenvalue weighted by Gasteiger charge is 1.99. The normalized spacial score (nSPS) is 10.4. The summed E-state index contributed by atoms with van der Waals surface area (Å²) in [4.78, 5) is 4.30. The maximum atomic E-state index is 4.30. The van der Waals surface area contributed by atoms with Gasteiger partial charge in [-0.1, -0.05) is 12.1 Å². The van der Waals surface area contributed by atoms with Crippen LogP contribution in [0.4, 0.5) is 5.69 Å². The van der Waals surface area contributed by atoms with E-state index in [2.05, 4.69) is 33.6 Å². The second-order valence-corrected chi connectivity index (χ2v) is 4.66. The summed E-state index contributed by atoms with van der Waals surface area (Å²) >= 11 is 0. The van der Waals surface area contributed by atoms with Crippen molar-refractivity contribution in [3.05, 3.63) is 72.3 Å². The van der Waals surface area contributed by atoms with Gasteiger partial charge in [-0.3, -0.25) is 4.98 Å². The van der Waals surface area contributed by atoms with Crippen LogP contribution < -0.4 is 5.32 Å². The van der Waals surface area contributed by atoms with Gasteiger partial charge in [0.25, 0.3) is 0 Å². The second kappa shape index (κ2) is 5.57. The Labute approximate surface area is 118 Å². The summed E-state index contributed by atoms with van der Waals surface area (Å²) in [6.45, 7) is 2.75. The van der Waals surface area contributed by atoms with Gasteiger partial charge in [-0.05, 0) is 42.8 Å². The zero-order valence-corrected chi connectivity index (χ0v) is 11.3. The van der Waals surface area contributed by atoms with Gasteiger partial charge in [-0.2, -0.15) is 5.10 Å². The van der Waals surface area contributed by atoms with Crippen LogP contribution in [0.1, 0.15) is 11.3 Å². The zero-order chi connectivity index (χ0) is 13.8. The van der Waals surface area contributed by atoms with Gasteiger partial charge in [-0.15, -0.1) is 0 Å². The SMILES string of the molecule is Cc1ccc(CNc2cccc(-n3cccn3)c2)cn1. The van der Waals surface area contributed by atoms with Crippen LogP contribution in [0.3, 0.4) is 0 Å². The number of hydrogen-bond donors (Lipinski definition) is 1. The molecular formula is C16H16N4. The molecule has 0 atom stereocenters. The van der Waals surface area contributed by atoms with E-state index in [4.69, 9.17) is 0 Å². The average molecular weight is 264 g/mol. The summed E-state index contributed by atoms with van der Waals surface area (Å²) in [5.41, 5.74) is 4.31. The number of hydrogen-bond acceptors (Lipinski definition) is 3. The van der Waals surface area contributed by atoms with Crippen LogP contribution >= 0.6 is 0 Å². The Hall–Kier alpha value is -2.62. The molecule has 1 N–H and O–H groups in total. The average Bonchev–Trinajstić information content (AvgIpc) is 3.01. The fourth-order valence-electron chi connectivity index (χ4n) is 1.99. The highest BCUT2D eigenvalue weighted by Crippen LogP contribution is 2.14. The maximum Gasteiger partial charge on any atom is 0.0666 e. The Morgan fingerprint density at radius 1 is 1.15 bits per heavy atom. The van der Waals surface area contributed by atoms with Crippen LogP contribution in [0.15, 0.2) is 61.1 Å². The van der Waals surface area contributed by atoms with Crippen molar-refractivity contribution in [1.29, 1.82) is 0 Å². The lowest BCUT2D eigenvalue weighted by Gasteiger charge is -2.08. The molecule has 0 saturated carbocycles. The minimum absolute atomic E-state index is 0.760. The largest absolute Gasteiger partial charge is 0.381 e.